The number of anilines is 1. The number of carbonyl (C=O) groups is 1. The Morgan fingerprint density at radius 3 is 2.74 bits per heavy atom. The van der Waals surface area contributed by atoms with Gasteiger partial charge in [-0.1, -0.05) is 13.3 Å². The van der Waals surface area contributed by atoms with E-state index in [2.05, 4.69) is 11.8 Å². The summed E-state index contributed by atoms with van der Waals surface area (Å²) in [7, 11) is 0. The zero-order valence-electron chi connectivity index (χ0n) is 11.4. The normalized spacial score (nSPS) is 15.5. The number of carboxylic acid groups (broad SMARTS) is 1. The van der Waals surface area contributed by atoms with Crippen molar-refractivity contribution in [2.24, 2.45) is 0 Å². The molecule has 0 amide bonds. The molecule has 0 unspecified atom stereocenters. The van der Waals surface area contributed by atoms with Crippen LogP contribution in [0, 0.1) is 0 Å². The molecule has 1 aliphatic rings. The Labute approximate surface area is 114 Å². The molecule has 0 bridgehead atoms. The summed E-state index contributed by atoms with van der Waals surface area (Å²) in [6, 6.07) is 5.67. The molecule has 0 saturated carbocycles. The van der Waals surface area contributed by atoms with Crippen molar-refractivity contribution in [2.45, 2.75) is 26.2 Å². The van der Waals surface area contributed by atoms with Crippen LogP contribution in [0.5, 0.6) is 0 Å². The van der Waals surface area contributed by atoms with Gasteiger partial charge in [-0.3, -0.25) is 0 Å². The number of unbranched alkanes of at least 4 members (excludes halogenated alkanes) is 1. The van der Waals surface area contributed by atoms with Crippen molar-refractivity contribution in [3.8, 4) is 0 Å². The van der Waals surface area contributed by atoms with Crippen LogP contribution in [0.4, 0.5) is 5.69 Å². The molecule has 1 fully saturated rings. The molecule has 1 saturated heterocycles. The molecular weight excluding hydrogens is 242 g/mol. The Morgan fingerprint density at radius 2 is 2.11 bits per heavy atom. The smallest absolute Gasteiger partial charge is 0.335 e. The highest BCUT2D eigenvalue weighted by molar-refractivity contribution is 5.90. The summed E-state index contributed by atoms with van der Waals surface area (Å²) < 4.78 is 5.34. The van der Waals surface area contributed by atoms with Crippen molar-refractivity contribution in [1.82, 2.24) is 0 Å². The number of morpholine rings is 1. The molecule has 19 heavy (non-hydrogen) atoms. The Kier molecular flexibility index (Phi) is 4.80. The number of nitrogens with zero attached hydrogens (tertiary/aromatic N) is 1. The van der Waals surface area contributed by atoms with Gasteiger partial charge in [0.25, 0.3) is 0 Å². The third-order valence-corrected chi connectivity index (χ3v) is 3.50. The monoisotopic (exact) mass is 263 g/mol. The number of aryl methyl sites for hydroxylation is 1. The molecule has 104 valence electrons. The fourth-order valence-corrected chi connectivity index (χ4v) is 2.38. The molecule has 0 spiro atoms. The summed E-state index contributed by atoms with van der Waals surface area (Å²) in [6.07, 6.45) is 2.92. The first-order chi connectivity index (χ1) is 9.22. The van der Waals surface area contributed by atoms with Gasteiger partial charge < -0.3 is 14.7 Å². The highest BCUT2D eigenvalue weighted by atomic mass is 16.5. The lowest BCUT2D eigenvalue weighted by molar-refractivity contribution is 0.0695. The molecule has 1 aliphatic heterocycles. The van der Waals surface area contributed by atoms with Crippen molar-refractivity contribution in [2.75, 3.05) is 31.2 Å². The van der Waals surface area contributed by atoms with Crippen molar-refractivity contribution in [3.63, 3.8) is 0 Å². The molecule has 1 heterocycles. The predicted molar refractivity (Wildman–Crippen MR) is 75.0 cm³/mol. The standard InChI is InChI=1S/C15H21NO3/c1-2-3-4-12-11-13(5-6-14(12)15(17)18)16-7-9-19-10-8-16/h5-6,11H,2-4,7-10H2,1H3,(H,17,18). The average Bonchev–Trinajstić information content (AvgIpc) is 2.45. The van der Waals surface area contributed by atoms with Crippen LogP contribution < -0.4 is 4.90 Å². The molecule has 4 heteroatoms. The minimum absolute atomic E-state index is 0.436. The first-order valence-corrected chi connectivity index (χ1v) is 6.91. The molecule has 4 nitrogen and oxygen atoms in total. The van der Waals surface area contributed by atoms with Gasteiger partial charge in [-0.05, 0) is 36.6 Å². The number of rotatable bonds is 5. The molecule has 0 aliphatic carbocycles. The van der Waals surface area contributed by atoms with Gasteiger partial charge in [0.2, 0.25) is 0 Å². The minimum atomic E-state index is -0.834. The van der Waals surface area contributed by atoms with E-state index in [-0.39, 0.29) is 0 Å². The van der Waals surface area contributed by atoms with Crippen LogP contribution in [0.2, 0.25) is 0 Å². The lowest BCUT2D eigenvalue weighted by Gasteiger charge is -2.29. The Morgan fingerprint density at radius 1 is 1.37 bits per heavy atom. The van der Waals surface area contributed by atoms with Crippen molar-refractivity contribution in [1.29, 1.82) is 0 Å². The third kappa shape index (κ3) is 3.47. The van der Waals surface area contributed by atoms with Gasteiger partial charge in [0.05, 0.1) is 18.8 Å². The zero-order chi connectivity index (χ0) is 13.7. The van der Waals surface area contributed by atoms with E-state index in [0.717, 1.165) is 56.8 Å². The van der Waals surface area contributed by atoms with Crippen molar-refractivity contribution < 1.29 is 14.6 Å². The second kappa shape index (κ2) is 6.57. The summed E-state index contributed by atoms with van der Waals surface area (Å²) in [5.41, 5.74) is 2.49. The van der Waals surface area contributed by atoms with Crippen LogP contribution in [0.1, 0.15) is 35.7 Å². The molecule has 2 rings (SSSR count). The van der Waals surface area contributed by atoms with Crippen LogP contribution in [-0.2, 0) is 11.2 Å². The van der Waals surface area contributed by atoms with E-state index < -0.39 is 5.97 Å². The average molecular weight is 263 g/mol. The molecule has 0 atom stereocenters. The lowest BCUT2D eigenvalue weighted by atomic mass is 10.0. The first kappa shape index (κ1) is 13.9. The largest absolute Gasteiger partial charge is 0.478 e. The number of hydrogen-bond acceptors (Lipinski definition) is 3. The predicted octanol–water partition coefficient (Wildman–Crippen LogP) is 2.56. The molecular formula is C15H21NO3. The van der Waals surface area contributed by atoms with E-state index in [4.69, 9.17) is 4.74 Å². The van der Waals surface area contributed by atoms with Crippen LogP contribution in [0.15, 0.2) is 18.2 Å². The number of ether oxygens (including phenoxy) is 1. The molecule has 0 aromatic heterocycles. The fourth-order valence-electron chi connectivity index (χ4n) is 2.38. The number of hydrogen-bond donors (Lipinski definition) is 1. The van der Waals surface area contributed by atoms with E-state index >= 15 is 0 Å². The topological polar surface area (TPSA) is 49.8 Å². The van der Waals surface area contributed by atoms with Crippen LogP contribution in [0.25, 0.3) is 0 Å². The molecule has 1 aromatic rings. The van der Waals surface area contributed by atoms with E-state index in [1.54, 1.807) is 6.07 Å². The summed E-state index contributed by atoms with van der Waals surface area (Å²) in [4.78, 5) is 13.5. The Hall–Kier alpha value is -1.55. The van der Waals surface area contributed by atoms with Gasteiger partial charge in [-0.25, -0.2) is 4.79 Å². The van der Waals surface area contributed by atoms with E-state index in [9.17, 15) is 9.90 Å². The Bertz CT molecular complexity index is 439. The van der Waals surface area contributed by atoms with Crippen molar-refractivity contribution >= 4 is 11.7 Å². The first-order valence-electron chi connectivity index (χ1n) is 6.91. The van der Waals surface area contributed by atoms with Gasteiger partial charge in [-0.15, -0.1) is 0 Å². The van der Waals surface area contributed by atoms with Crippen LogP contribution >= 0.6 is 0 Å². The number of benzene rings is 1. The SMILES string of the molecule is CCCCc1cc(N2CCOCC2)ccc1C(=O)O. The third-order valence-electron chi connectivity index (χ3n) is 3.50. The summed E-state index contributed by atoms with van der Waals surface area (Å²) in [6.45, 7) is 5.35. The fraction of sp³-hybridized carbons (Fsp3) is 0.533. The van der Waals surface area contributed by atoms with E-state index in [1.165, 1.54) is 0 Å². The highest BCUT2D eigenvalue weighted by Crippen LogP contribution is 2.22. The molecule has 1 aromatic carbocycles. The van der Waals surface area contributed by atoms with Crippen molar-refractivity contribution in [3.05, 3.63) is 29.3 Å². The summed E-state index contributed by atoms with van der Waals surface area (Å²) in [5.74, 6) is -0.834. The molecule has 1 N–H and O–H groups in total. The quantitative estimate of drug-likeness (QED) is 0.887. The second-order valence-electron chi connectivity index (χ2n) is 4.85. The van der Waals surface area contributed by atoms with Gasteiger partial charge in [-0.2, -0.15) is 0 Å². The maximum atomic E-state index is 11.2. The van der Waals surface area contributed by atoms with Gasteiger partial charge >= 0.3 is 5.97 Å². The zero-order valence-corrected chi connectivity index (χ0v) is 11.4. The minimum Gasteiger partial charge on any atom is -0.478 e. The van der Waals surface area contributed by atoms with E-state index in [1.807, 2.05) is 12.1 Å². The molecule has 0 radical (unpaired) electrons. The number of aromatic carboxylic acids is 1. The summed E-state index contributed by atoms with van der Waals surface area (Å²) >= 11 is 0. The maximum Gasteiger partial charge on any atom is 0.335 e. The number of carboxylic acids is 1. The van der Waals surface area contributed by atoms with Gasteiger partial charge in [0.1, 0.15) is 0 Å². The van der Waals surface area contributed by atoms with Crippen LogP contribution in [0.3, 0.4) is 0 Å². The van der Waals surface area contributed by atoms with Gasteiger partial charge in [0.15, 0.2) is 0 Å². The summed E-state index contributed by atoms with van der Waals surface area (Å²) in [5, 5.41) is 9.23. The Balaban J connectivity index is 2.23. The van der Waals surface area contributed by atoms with Crippen LogP contribution in [-0.4, -0.2) is 37.4 Å². The lowest BCUT2D eigenvalue weighted by Crippen LogP contribution is -2.36. The second-order valence-corrected chi connectivity index (χ2v) is 4.85. The maximum absolute atomic E-state index is 11.2. The van der Waals surface area contributed by atoms with Gasteiger partial charge in [0, 0.05) is 18.8 Å². The van der Waals surface area contributed by atoms with E-state index in [0.29, 0.717) is 5.56 Å². The highest BCUT2D eigenvalue weighted by Gasteiger charge is 2.15.